The van der Waals surface area contributed by atoms with Gasteiger partial charge in [0.1, 0.15) is 12.4 Å². The number of aromatic nitrogens is 4. The van der Waals surface area contributed by atoms with Crippen LogP contribution in [-0.4, -0.2) is 56.5 Å². The van der Waals surface area contributed by atoms with Crippen LogP contribution in [0.15, 0.2) is 39.0 Å². The Morgan fingerprint density at radius 2 is 1.87 bits per heavy atom. The quantitative estimate of drug-likeness (QED) is 0.402. The molecule has 0 radical (unpaired) electrons. The van der Waals surface area contributed by atoms with Gasteiger partial charge in [-0.1, -0.05) is 13.8 Å². The summed E-state index contributed by atoms with van der Waals surface area (Å²) in [6.45, 7) is 7.84. The number of benzene rings is 1. The zero-order chi connectivity index (χ0) is 21.7. The minimum absolute atomic E-state index is 0.239. The van der Waals surface area contributed by atoms with E-state index < -0.39 is 11.2 Å². The molecule has 0 bridgehead atoms. The molecule has 10 nitrogen and oxygen atoms in total. The Balaban J connectivity index is 1.62. The largest absolute Gasteiger partial charge is 0.492 e. The van der Waals surface area contributed by atoms with Crippen molar-refractivity contribution in [2.75, 3.05) is 31.7 Å². The van der Waals surface area contributed by atoms with Gasteiger partial charge in [0, 0.05) is 20.6 Å². The average molecular weight is 413 g/mol. The van der Waals surface area contributed by atoms with E-state index >= 15 is 0 Å². The van der Waals surface area contributed by atoms with Crippen molar-refractivity contribution in [3.63, 3.8) is 0 Å². The third-order valence-corrected chi connectivity index (χ3v) is 4.93. The zero-order valence-corrected chi connectivity index (χ0v) is 17.7. The van der Waals surface area contributed by atoms with E-state index in [1.807, 2.05) is 24.3 Å². The van der Waals surface area contributed by atoms with Crippen molar-refractivity contribution in [2.45, 2.75) is 13.8 Å². The van der Waals surface area contributed by atoms with E-state index in [-0.39, 0.29) is 17.1 Å². The molecule has 0 aliphatic heterocycles. The highest BCUT2D eigenvalue weighted by Crippen LogP contribution is 2.12. The van der Waals surface area contributed by atoms with Crippen LogP contribution >= 0.6 is 0 Å². The zero-order valence-electron chi connectivity index (χ0n) is 17.7. The molecule has 0 unspecified atom stereocenters. The topological polar surface area (TPSA) is 110 Å². The molecule has 10 heteroatoms. The van der Waals surface area contributed by atoms with Gasteiger partial charge < -0.3 is 14.6 Å². The molecule has 160 valence electrons. The number of nitrogens with one attached hydrogen (secondary N) is 2. The van der Waals surface area contributed by atoms with Crippen molar-refractivity contribution in [1.29, 1.82) is 0 Å². The molecule has 0 amide bonds. The number of aromatic amines is 1. The number of rotatable bonds is 9. The van der Waals surface area contributed by atoms with Crippen LogP contribution in [0.1, 0.15) is 19.4 Å². The fourth-order valence-corrected chi connectivity index (χ4v) is 3.03. The molecule has 0 spiro atoms. The molecular weight excluding hydrogens is 386 g/mol. The predicted molar refractivity (Wildman–Crippen MR) is 118 cm³/mol. The van der Waals surface area contributed by atoms with Gasteiger partial charge in [0.25, 0.3) is 5.56 Å². The number of hydrogen-bond donors (Lipinski definition) is 2. The van der Waals surface area contributed by atoms with Crippen LogP contribution in [0.3, 0.4) is 0 Å². The molecule has 2 heterocycles. The first-order valence-electron chi connectivity index (χ1n) is 9.84. The number of likely N-dealkylation sites (N-methyl/N-ethyl adjacent to an activating group) is 1. The maximum Gasteiger partial charge on any atom is 0.332 e. The van der Waals surface area contributed by atoms with Gasteiger partial charge in [0.15, 0.2) is 11.2 Å². The molecular formula is C20H27N7O3. The van der Waals surface area contributed by atoms with Crippen molar-refractivity contribution >= 4 is 23.3 Å². The van der Waals surface area contributed by atoms with Crippen LogP contribution in [0, 0.1) is 0 Å². The molecule has 1 aromatic carbocycles. The number of hydrogen-bond acceptors (Lipinski definition) is 7. The lowest BCUT2D eigenvalue weighted by Gasteiger charge is -2.17. The van der Waals surface area contributed by atoms with E-state index in [0.29, 0.717) is 6.61 Å². The number of nitrogens with zero attached hydrogens (tertiary/aromatic N) is 5. The van der Waals surface area contributed by atoms with Crippen LogP contribution in [-0.2, 0) is 14.1 Å². The molecule has 0 saturated carbocycles. The number of hydrazone groups is 1. The summed E-state index contributed by atoms with van der Waals surface area (Å²) in [4.78, 5) is 33.6. The Morgan fingerprint density at radius 3 is 2.53 bits per heavy atom. The summed E-state index contributed by atoms with van der Waals surface area (Å²) >= 11 is 0. The SMILES string of the molecule is CCN(CC)CCOc1ccc(/C=N/Nc2nc3c([nH]2)c(=O)n(C)c(=O)n3C)cc1. The minimum atomic E-state index is -0.437. The van der Waals surface area contributed by atoms with Crippen LogP contribution < -0.4 is 21.4 Å². The van der Waals surface area contributed by atoms with Crippen LogP contribution in [0.25, 0.3) is 11.2 Å². The number of aryl methyl sites for hydroxylation is 1. The van der Waals surface area contributed by atoms with Gasteiger partial charge in [-0.2, -0.15) is 10.1 Å². The van der Waals surface area contributed by atoms with E-state index in [1.54, 1.807) is 13.3 Å². The van der Waals surface area contributed by atoms with Crippen LogP contribution in [0.2, 0.25) is 0 Å². The highest BCUT2D eigenvalue weighted by molar-refractivity contribution is 5.80. The van der Waals surface area contributed by atoms with E-state index in [9.17, 15) is 9.59 Å². The Kier molecular flexibility index (Phi) is 6.68. The fraction of sp³-hybridized carbons (Fsp3) is 0.400. The van der Waals surface area contributed by atoms with Gasteiger partial charge in [0.2, 0.25) is 5.95 Å². The normalized spacial score (nSPS) is 11.6. The van der Waals surface area contributed by atoms with Gasteiger partial charge in [-0.3, -0.25) is 13.9 Å². The van der Waals surface area contributed by atoms with Gasteiger partial charge in [-0.05, 0) is 42.9 Å². The molecule has 0 aliphatic carbocycles. The van der Waals surface area contributed by atoms with E-state index in [2.05, 4.69) is 39.2 Å². The van der Waals surface area contributed by atoms with E-state index in [4.69, 9.17) is 4.74 Å². The van der Waals surface area contributed by atoms with Gasteiger partial charge in [-0.15, -0.1) is 0 Å². The molecule has 0 atom stereocenters. The first-order valence-corrected chi connectivity index (χ1v) is 9.84. The molecule has 2 aromatic heterocycles. The predicted octanol–water partition coefficient (Wildman–Crippen LogP) is 1.13. The monoisotopic (exact) mass is 413 g/mol. The minimum Gasteiger partial charge on any atom is -0.492 e. The first kappa shape index (κ1) is 21.3. The summed E-state index contributed by atoms with van der Waals surface area (Å²) < 4.78 is 8.10. The van der Waals surface area contributed by atoms with Crippen molar-refractivity contribution < 1.29 is 4.74 Å². The third-order valence-electron chi connectivity index (χ3n) is 4.93. The summed E-state index contributed by atoms with van der Waals surface area (Å²) in [5.74, 6) is 1.08. The maximum absolute atomic E-state index is 12.2. The summed E-state index contributed by atoms with van der Waals surface area (Å²) in [6.07, 6.45) is 1.63. The van der Waals surface area contributed by atoms with E-state index in [0.717, 1.165) is 35.5 Å². The molecule has 30 heavy (non-hydrogen) atoms. The van der Waals surface area contributed by atoms with Crippen molar-refractivity contribution in [3.8, 4) is 5.75 Å². The number of ether oxygens (including phenoxy) is 1. The number of imidazole rings is 1. The summed E-state index contributed by atoms with van der Waals surface area (Å²) in [5, 5.41) is 4.14. The lowest BCUT2D eigenvalue weighted by Crippen LogP contribution is -2.36. The van der Waals surface area contributed by atoms with Crippen molar-refractivity contribution in [1.82, 2.24) is 24.0 Å². The molecule has 0 fully saturated rings. The Hall–Kier alpha value is -3.40. The van der Waals surface area contributed by atoms with E-state index in [1.165, 1.54) is 11.6 Å². The summed E-state index contributed by atoms with van der Waals surface area (Å²) in [5.41, 5.74) is 3.26. The lowest BCUT2D eigenvalue weighted by atomic mass is 10.2. The van der Waals surface area contributed by atoms with Crippen LogP contribution in [0.4, 0.5) is 5.95 Å². The third kappa shape index (κ3) is 4.60. The number of H-pyrrole nitrogens is 1. The summed E-state index contributed by atoms with van der Waals surface area (Å²) in [6, 6.07) is 7.58. The smallest absolute Gasteiger partial charge is 0.332 e. The average Bonchev–Trinajstić information content (AvgIpc) is 3.19. The number of anilines is 1. The second-order valence-electron chi connectivity index (χ2n) is 6.80. The standard InChI is InChI=1S/C20H27N7O3/c1-5-27(6-2)11-12-30-15-9-7-14(8-10-15)13-21-24-19-22-16-17(23-19)25(3)20(29)26(4)18(16)28/h7-10,13H,5-6,11-12H2,1-4H3,(H2,22,23,24)/b21-13+. The fourth-order valence-electron chi connectivity index (χ4n) is 3.03. The molecule has 3 aromatic rings. The Morgan fingerprint density at radius 1 is 1.17 bits per heavy atom. The Labute approximate surface area is 173 Å². The second kappa shape index (κ2) is 9.40. The highest BCUT2D eigenvalue weighted by Gasteiger charge is 2.12. The van der Waals surface area contributed by atoms with Gasteiger partial charge in [-0.25, -0.2) is 10.2 Å². The van der Waals surface area contributed by atoms with Crippen molar-refractivity contribution in [2.24, 2.45) is 19.2 Å². The molecule has 2 N–H and O–H groups in total. The first-order chi connectivity index (χ1) is 14.4. The molecule has 0 saturated heterocycles. The molecule has 3 rings (SSSR count). The number of fused-ring (bicyclic) bond motifs is 1. The van der Waals surface area contributed by atoms with Crippen molar-refractivity contribution in [3.05, 3.63) is 50.7 Å². The van der Waals surface area contributed by atoms with Gasteiger partial charge >= 0.3 is 5.69 Å². The molecule has 0 aliphatic rings. The van der Waals surface area contributed by atoms with Crippen LogP contribution in [0.5, 0.6) is 5.75 Å². The van der Waals surface area contributed by atoms with Gasteiger partial charge in [0.05, 0.1) is 6.21 Å². The lowest BCUT2D eigenvalue weighted by molar-refractivity contribution is 0.223. The second-order valence-corrected chi connectivity index (χ2v) is 6.80. The maximum atomic E-state index is 12.2. The summed E-state index contributed by atoms with van der Waals surface area (Å²) in [7, 11) is 2.98. The Bertz CT molecular complexity index is 1140. The highest BCUT2D eigenvalue weighted by atomic mass is 16.5.